The molecule has 0 spiro atoms. The highest BCUT2D eigenvalue weighted by molar-refractivity contribution is 5.97. The molecule has 4 N–H and O–H groups in total. The molecule has 35 heavy (non-hydrogen) atoms. The van der Waals surface area contributed by atoms with E-state index in [1.54, 1.807) is 24.3 Å². The Labute approximate surface area is 201 Å². The molecule has 0 aliphatic carbocycles. The Kier molecular flexibility index (Phi) is 6.08. The van der Waals surface area contributed by atoms with Crippen molar-refractivity contribution in [1.29, 1.82) is 5.26 Å². The maximum absolute atomic E-state index is 14.5. The number of anilines is 1. The largest absolute Gasteiger partial charge is 0.366 e. The van der Waals surface area contributed by atoms with Crippen LogP contribution in [0.1, 0.15) is 22.3 Å². The van der Waals surface area contributed by atoms with Gasteiger partial charge >= 0.3 is 0 Å². The number of carbonyl (C=O) groups excluding carboxylic acids is 1. The van der Waals surface area contributed by atoms with Crippen molar-refractivity contribution in [3.63, 3.8) is 0 Å². The molecule has 1 aromatic heterocycles. The zero-order valence-corrected chi connectivity index (χ0v) is 18.9. The highest BCUT2D eigenvalue weighted by Crippen LogP contribution is 2.32. The third kappa shape index (κ3) is 4.67. The first-order valence-corrected chi connectivity index (χ1v) is 11.4. The number of nitrogens with one attached hydrogen (secondary N) is 2. The molecule has 2 heterocycles. The van der Waals surface area contributed by atoms with E-state index in [1.165, 1.54) is 12.1 Å². The number of aromatic nitrogens is 2. The average Bonchev–Trinajstić information content (AvgIpc) is 3.40. The number of nitriles is 1. The van der Waals surface area contributed by atoms with E-state index < -0.39 is 11.7 Å². The predicted molar refractivity (Wildman–Crippen MR) is 133 cm³/mol. The lowest BCUT2D eigenvalue weighted by atomic mass is 9.98. The van der Waals surface area contributed by atoms with Crippen molar-refractivity contribution in [3.05, 3.63) is 77.6 Å². The minimum Gasteiger partial charge on any atom is -0.366 e. The van der Waals surface area contributed by atoms with Crippen LogP contribution in [-0.2, 0) is 0 Å². The Morgan fingerprint density at radius 3 is 2.69 bits per heavy atom. The number of halogens is 1. The van der Waals surface area contributed by atoms with Gasteiger partial charge in [-0.25, -0.2) is 14.4 Å². The molecule has 1 aliphatic rings. The van der Waals surface area contributed by atoms with Crippen molar-refractivity contribution >= 4 is 22.8 Å². The summed E-state index contributed by atoms with van der Waals surface area (Å²) in [5.41, 5.74) is 9.29. The first-order chi connectivity index (χ1) is 17.0. The standard InChI is InChI=1S/C27H23FN6O/c28-23-12-19(4-5-21(23)13-29)25-22-11-18(17-2-1-3-20(10-17)26(30)35)6-7-24(22)33-27(34-25)32-15-16-8-9-31-14-16/h1-7,10-12,16,31H,8-9,14-15H2,(H2,30,35)(H,32,33,34)/t16-/m0/s1. The summed E-state index contributed by atoms with van der Waals surface area (Å²) in [4.78, 5) is 21.1. The summed E-state index contributed by atoms with van der Waals surface area (Å²) in [5.74, 6) is -0.149. The highest BCUT2D eigenvalue weighted by Gasteiger charge is 2.17. The normalized spacial score (nSPS) is 15.1. The molecule has 4 aromatic rings. The van der Waals surface area contributed by atoms with E-state index in [2.05, 4.69) is 10.6 Å². The molecule has 0 radical (unpaired) electrons. The molecule has 8 heteroatoms. The zero-order valence-electron chi connectivity index (χ0n) is 18.9. The van der Waals surface area contributed by atoms with Crippen LogP contribution in [0.5, 0.6) is 0 Å². The lowest BCUT2D eigenvalue weighted by molar-refractivity contribution is 0.100. The van der Waals surface area contributed by atoms with Gasteiger partial charge in [-0.2, -0.15) is 5.26 Å². The third-order valence-corrected chi connectivity index (χ3v) is 6.25. The van der Waals surface area contributed by atoms with Crippen LogP contribution in [0.2, 0.25) is 0 Å². The molecule has 0 bridgehead atoms. The van der Waals surface area contributed by atoms with Gasteiger partial charge in [0.15, 0.2) is 0 Å². The number of benzene rings is 3. The number of fused-ring (bicyclic) bond motifs is 1. The van der Waals surface area contributed by atoms with Gasteiger partial charge in [0.1, 0.15) is 11.9 Å². The van der Waals surface area contributed by atoms with Gasteiger partial charge in [0.05, 0.1) is 16.8 Å². The summed E-state index contributed by atoms with van der Waals surface area (Å²) in [6.45, 7) is 2.68. The summed E-state index contributed by atoms with van der Waals surface area (Å²) in [5, 5.41) is 16.5. The lowest BCUT2D eigenvalue weighted by Crippen LogP contribution is -2.18. The third-order valence-electron chi connectivity index (χ3n) is 6.25. The molecular formula is C27H23FN6O. The van der Waals surface area contributed by atoms with E-state index in [-0.39, 0.29) is 5.56 Å². The first kappa shape index (κ1) is 22.4. The summed E-state index contributed by atoms with van der Waals surface area (Å²) in [6, 6.07) is 19.1. The molecule has 0 unspecified atom stereocenters. The van der Waals surface area contributed by atoms with Crippen molar-refractivity contribution < 1.29 is 9.18 Å². The fourth-order valence-corrected chi connectivity index (χ4v) is 4.34. The molecule has 1 atom stereocenters. The van der Waals surface area contributed by atoms with Gasteiger partial charge < -0.3 is 16.4 Å². The van der Waals surface area contributed by atoms with Crippen LogP contribution < -0.4 is 16.4 Å². The Morgan fingerprint density at radius 1 is 1.11 bits per heavy atom. The van der Waals surface area contributed by atoms with Crippen molar-refractivity contribution in [3.8, 4) is 28.5 Å². The number of hydrogen-bond donors (Lipinski definition) is 3. The number of carbonyl (C=O) groups is 1. The molecule has 174 valence electrons. The molecule has 3 aromatic carbocycles. The zero-order chi connectivity index (χ0) is 24.4. The second kappa shape index (κ2) is 9.49. The quantitative estimate of drug-likeness (QED) is 0.394. The Morgan fingerprint density at radius 2 is 1.94 bits per heavy atom. The van der Waals surface area contributed by atoms with E-state index in [4.69, 9.17) is 21.0 Å². The summed E-state index contributed by atoms with van der Waals surface area (Å²) in [7, 11) is 0. The number of amides is 1. The van der Waals surface area contributed by atoms with Gasteiger partial charge in [-0.05, 0) is 73.0 Å². The van der Waals surface area contributed by atoms with Crippen LogP contribution in [0.4, 0.5) is 10.3 Å². The molecular weight excluding hydrogens is 443 g/mol. The number of nitrogens with two attached hydrogens (primary N) is 1. The van der Waals surface area contributed by atoms with Crippen LogP contribution in [0.3, 0.4) is 0 Å². The number of rotatable bonds is 6. The van der Waals surface area contributed by atoms with Gasteiger partial charge in [0.2, 0.25) is 11.9 Å². The second-order valence-corrected chi connectivity index (χ2v) is 8.62. The summed E-state index contributed by atoms with van der Waals surface area (Å²) < 4.78 is 14.5. The maximum atomic E-state index is 14.5. The monoisotopic (exact) mass is 466 g/mol. The average molecular weight is 467 g/mol. The molecule has 1 fully saturated rings. The van der Waals surface area contributed by atoms with Crippen molar-refractivity contribution in [2.75, 3.05) is 25.0 Å². The molecule has 5 rings (SSSR count). The van der Waals surface area contributed by atoms with Crippen LogP contribution in [0.25, 0.3) is 33.3 Å². The van der Waals surface area contributed by atoms with E-state index in [9.17, 15) is 9.18 Å². The highest BCUT2D eigenvalue weighted by atomic mass is 19.1. The Hall–Kier alpha value is -4.35. The summed E-state index contributed by atoms with van der Waals surface area (Å²) in [6.07, 6.45) is 1.09. The van der Waals surface area contributed by atoms with Gasteiger partial charge in [0.25, 0.3) is 0 Å². The molecule has 0 saturated carbocycles. The first-order valence-electron chi connectivity index (χ1n) is 11.4. The SMILES string of the molecule is N#Cc1ccc(-c2nc(NC[C@H]3CCNC3)nc3ccc(-c4cccc(C(N)=O)c4)cc23)cc1F. The van der Waals surface area contributed by atoms with Crippen molar-refractivity contribution in [1.82, 2.24) is 15.3 Å². The van der Waals surface area contributed by atoms with E-state index in [1.807, 2.05) is 30.3 Å². The summed E-state index contributed by atoms with van der Waals surface area (Å²) >= 11 is 0. The predicted octanol–water partition coefficient (Wildman–Crippen LogP) is 4.09. The lowest BCUT2D eigenvalue weighted by Gasteiger charge is -2.14. The van der Waals surface area contributed by atoms with E-state index >= 15 is 0 Å². The van der Waals surface area contributed by atoms with Crippen molar-refractivity contribution in [2.24, 2.45) is 11.7 Å². The fourth-order valence-electron chi connectivity index (χ4n) is 4.34. The fraction of sp³-hybridized carbons (Fsp3) is 0.185. The minimum atomic E-state index is -0.603. The Balaban J connectivity index is 1.62. The smallest absolute Gasteiger partial charge is 0.248 e. The van der Waals surface area contributed by atoms with Gasteiger partial charge in [-0.3, -0.25) is 4.79 Å². The molecule has 1 amide bonds. The Bertz CT molecular complexity index is 1470. The van der Waals surface area contributed by atoms with Crippen LogP contribution in [-0.4, -0.2) is 35.5 Å². The molecule has 1 saturated heterocycles. The number of hydrogen-bond acceptors (Lipinski definition) is 6. The number of nitrogens with zero attached hydrogens (tertiary/aromatic N) is 3. The van der Waals surface area contributed by atoms with Crippen LogP contribution >= 0.6 is 0 Å². The maximum Gasteiger partial charge on any atom is 0.248 e. The topological polar surface area (TPSA) is 117 Å². The van der Waals surface area contributed by atoms with E-state index in [0.717, 1.165) is 42.6 Å². The molecule has 1 aliphatic heterocycles. The van der Waals surface area contributed by atoms with Crippen molar-refractivity contribution in [2.45, 2.75) is 6.42 Å². The van der Waals surface area contributed by atoms with E-state index in [0.29, 0.717) is 34.2 Å². The minimum absolute atomic E-state index is 0.0249. The number of primary amides is 1. The van der Waals surface area contributed by atoms with Gasteiger partial charge in [0, 0.05) is 23.1 Å². The molecule has 7 nitrogen and oxygen atoms in total. The van der Waals surface area contributed by atoms with Gasteiger partial charge in [-0.15, -0.1) is 0 Å². The second-order valence-electron chi connectivity index (χ2n) is 8.62. The van der Waals surface area contributed by atoms with Crippen LogP contribution in [0.15, 0.2) is 60.7 Å². The van der Waals surface area contributed by atoms with Crippen LogP contribution in [0, 0.1) is 23.1 Å². The van der Waals surface area contributed by atoms with Gasteiger partial charge in [-0.1, -0.05) is 24.3 Å².